The number of rotatable bonds is 2. The van der Waals surface area contributed by atoms with E-state index in [0.717, 1.165) is 0 Å². The Morgan fingerprint density at radius 2 is 1.69 bits per heavy atom. The minimum absolute atomic E-state index is 0.104. The lowest BCUT2D eigenvalue weighted by molar-refractivity contribution is 0.0699. The second kappa shape index (κ2) is 2.50. The van der Waals surface area contributed by atoms with Crippen molar-refractivity contribution in [2.45, 2.75) is 64.8 Å². The number of nitrogens with two attached hydrogens (primary N) is 1. The molecule has 0 aliphatic heterocycles. The molecule has 2 atom stereocenters. The predicted octanol–water partition coefficient (Wildman–Crippen LogP) is 3.08. The first-order valence-corrected chi connectivity index (χ1v) is 5.76. The molecule has 0 bridgehead atoms. The molecule has 2 N–H and O–H groups in total. The minimum Gasteiger partial charge on any atom is -0.325 e. The summed E-state index contributed by atoms with van der Waals surface area (Å²) in [7, 11) is 0. The van der Waals surface area contributed by atoms with E-state index in [1.165, 1.54) is 38.5 Å². The standard InChI is InChI=1S/C12H23N/c1-4-12(10(2)8-9-10)7-5-6-11(12,3)13/h4-9,13H2,1-3H3. The summed E-state index contributed by atoms with van der Waals surface area (Å²) in [4.78, 5) is 0. The molecule has 2 rings (SSSR count). The molecule has 2 aliphatic rings. The monoisotopic (exact) mass is 181 g/mol. The molecule has 0 spiro atoms. The maximum atomic E-state index is 6.49. The van der Waals surface area contributed by atoms with Crippen LogP contribution in [0.3, 0.4) is 0 Å². The Balaban J connectivity index is 2.34. The average Bonchev–Trinajstić information content (AvgIpc) is 2.70. The van der Waals surface area contributed by atoms with Crippen LogP contribution in [0.2, 0.25) is 0 Å². The SMILES string of the molecule is CCC1(C2(C)CC2)CCCC1(C)N. The van der Waals surface area contributed by atoms with Gasteiger partial charge in [-0.05, 0) is 49.9 Å². The van der Waals surface area contributed by atoms with Gasteiger partial charge in [-0.15, -0.1) is 0 Å². The lowest BCUT2D eigenvalue weighted by Crippen LogP contribution is -2.53. The van der Waals surface area contributed by atoms with Gasteiger partial charge < -0.3 is 5.73 Å². The van der Waals surface area contributed by atoms with Crippen molar-refractivity contribution in [1.82, 2.24) is 0 Å². The molecule has 0 amide bonds. The molecule has 2 unspecified atom stereocenters. The van der Waals surface area contributed by atoms with E-state index in [1.807, 2.05) is 0 Å². The summed E-state index contributed by atoms with van der Waals surface area (Å²) in [5, 5.41) is 0. The van der Waals surface area contributed by atoms with Crippen molar-refractivity contribution < 1.29 is 0 Å². The normalized spacial score (nSPS) is 48.0. The highest BCUT2D eigenvalue weighted by Gasteiger charge is 2.63. The van der Waals surface area contributed by atoms with Crippen molar-refractivity contribution in [3.8, 4) is 0 Å². The Kier molecular flexibility index (Phi) is 1.83. The third kappa shape index (κ3) is 1.03. The Morgan fingerprint density at radius 1 is 1.08 bits per heavy atom. The third-order valence-corrected chi connectivity index (χ3v) is 5.15. The summed E-state index contributed by atoms with van der Waals surface area (Å²) in [5.74, 6) is 0. The van der Waals surface area contributed by atoms with Gasteiger partial charge in [0.15, 0.2) is 0 Å². The highest BCUT2D eigenvalue weighted by Crippen LogP contribution is 2.68. The summed E-state index contributed by atoms with van der Waals surface area (Å²) in [6, 6.07) is 0. The summed E-state index contributed by atoms with van der Waals surface area (Å²) in [5.41, 5.74) is 7.64. The molecular weight excluding hydrogens is 158 g/mol. The van der Waals surface area contributed by atoms with Crippen molar-refractivity contribution in [2.75, 3.05) is 0 Å². The van der Waals surface area contributed by atoms with Gasteiger partial charge in [-0.3, -0.25) is 0 Å². The summed E-state index contributed by atoms with van der Waals surface area (Å²) in [6.07, 6.45) is 8.04. The highest BCUT2D eigenvalue weighted by molar-refractivity contribution is 5.16. The van der Waals surface area contributed by atoms with Gasteiger partial charge >= 0.3 is 0 Å². The molecule has 0 heterocycles. The number of hydrogen-bond acceptors (Lipinski definition) is 1. The molecule has 1 heteroatoms. The fraction of sp³-hybridized carbons (Fsp3) is 1.00. The summed E-state index contributed by atoms with van der Waals surface area (Å²) in [6.45, 7) is 7.07. The predicted molar refractivity (Wildman–Crippen MR) is 56.5 cm³/mol. The first-order chi connectivity index (χ1) is 5.97. The molecule has 1 nitrogen and oxygen atoms in total. The molecule has 0 radical (unpaired) electrons. The average molecular weight is 181 g/mol. The van der Waals surface area contributed by atoms with Crippen molar-refractivity contribution in [3.63, 3.8) is 0 Å². The first kappa shape index (κ1) is 9.51. The van der Waals surface area contributed by atoms with E-state index in [1.54, 1.807) is 0 Å². The van der Waals surface area contributed by atoms with E-state index in [4.69, 9.17) is 5.73 Å². The minimum atomic E-state index is 0.104. The Bertz CT molecular complexity index is 215. The Labute approximate surface area is 82.1 Å². The van der Waals surface area contributed by atoms with E-state index >= 15 is 0 Å². The smallest absolute Gasteiger partial charge is 0.0187 e. The van der Waals surface area contributed by atoms with Gasteiger partial charge in [-0.25, -0.2) is 0 Å². The summed E-state index contributed by atoms with van der Waals surface area (Å²) < 4.78 is 0. The lowest BCUT2D eigenvalue weighted by atomic mass is 9.62. The second-order valence-corrected chi connectivity index (χ2v) is 5.77. The van der Waals surface area contributed by atoms with Crippen molar-refractivity contribution in [2.24, 2.45) is 16.6 Å². The fourth-order valence-electron chi connectivity index (χ4n) is 3.95. The van der Waals surface area contributed by atoms with Crippen LogP contribution in [-0.4, -0.2) is 5.54 Å². The quantitative estimate of drug-likeness (QED) is 0.696. The third-order valence-electron chi connectivity index (χ3n) is 5.15. The molecule has 0 aromatic heterocycles. The van der Waals surface area contributed by atoms with Gasteiger partial charge in [-0.1, -0.05) is 20.3 Å². The van der Waals surface area contributed by atoms with Crippen LogP contribution in [0.25, 0.3) is 0 Å². The summed E-state index contributed by atoms with van der Waals surface area (Å²) >= 11 is 0. The Hall–Kier alpha value is -0.0400. The Morgan fingerprint density at radius 3 is 2.00 bits per heavy atom. The molecule has 0 aromatic carbocycles. The van der Waals surface area contributed by atoms with Gasteiger partial charge in [0, 0.05) is 5.54 Å². The molecular formula is C12H23N. The van der Waals surface area contributed by atoms with Crippen LogP contribution in [-0.2, 0) is 0 Å². The fourth-order valence-corrected chi connectivity index (χ4v) is 3.95. The van der Waals surface area contributed by atoms with Crippen LogP contribution >= 0.6 is 0 Å². The van der Waals surface area contributed by atoms with Crippen LogP contribution in [0.15, 0.2) is 0 Å². The van der Waals surface area contributed by atoms with E-state index in [2.05, 4.69) is 20.8 Å². The first-order valence-electron chi connectivity index (χ1n) is 5.76. The zero-order chi connectivity index (χ0) is 9.74. The molecule has 0 aromatic rings. The van der Waals surface area contributed by atoms with Gasteiger partial charge in [0.2, 0.25) is 0 Å². The van der Waals surface area contributed by atoms with Crippen molar-refractivity contribution in [1.29, 1.82) is 0 Å². The van der Waals surface area contributed by atoms with Crippen LogP contribution in [0.1, 0.15) is 59.3 Å². The zero-order valence-corrected chi connectivity index (χ0v) is 9.32. The molecule has 2 aliphatic carbocycles. The topological polar surface area (TPSA) is 26.0 Å². The van der Waals surface area contributed by atoms with Gasteiger partial charge in [-0.2, -0.15) is 0 Å². The molecule has 76 valence electrons. The van der Waals surface area contributed by atoms with Crippen LogP contribution in [0, 0.1) is 10.8 Å². The molecule has 0 saturated heterocycles. The molecule has 13 heavy (non-hydrogen) atoms. The van der Waals surface area contributed by atoms with E-state index in [0.29, 0.717) is 10.8 Å². The van der Waals surface area contributed by atoms with Gasteiger partial charge in [0.25, 0.3) is 0 Å². The molecule has 2 saturated carbocycles. The van der Waals surface area contributed by atoms with Crippen LogP contribution in [0.4, 0.5) is 0 Å². The maximum Gasteiger partial charge on any atom is 0.0187 e. The van der Waals surface area contributed by atoms with Crippen LogP contribution in [0.5, 0.6) is 0 Å². The zero-order valence-electron chi connectivity index (χ0n) is 9.32. The largest absolute Gasteiger partial charge is 0.325 e. The van der Waals surface area contributed by atoms with Crippen LogP contribution < -0.4 is 5.73 Å². The lowest BCUT2D eigenvalue weighted by Gasteiger charge is -2.46. The number of hydrogen-bond donors (Lipinski definition) is 1. The van der Waals surface area contributed by atoms with Crippen molar-refractivity contribution in [3.05, 3.63) is 0 Å². The van der Waals surface area contributed by atoms with E-state index in [9.17, 15) is 0 Å². The van der Waals surface area contributed by atoms with E-state index in [-0.39, 0.29) is 5.54 Å². The molecule has 2 fully saturated rings. The van der Waals surface area contributed by atoms with Gasteiger partial charge in [0.1, 0.15) is 0 Å². The van der Waals surface area contributed by atoms with Crippen molar-refractivity contribution >= 4 is 0 Å². The second-order valence-electron chi connectivity index (χ2n) is 5.77. The van der Waals surface area contributed by atoms with Gasteiger partial charge in [0.05, 0.1) is 0 Å². The maximum absolute atomic E-state index is 6.49. The van der Waals surface area contributed by atoms with E-state index < -0.39 is 0 Å². The highest BCUT2D eigenvalue weighted by atomic mass is 14.8.